The van der Waals surface area contributed by atoms with E-state index >= 15 is 0 Å². The molecule has 0 N–H and O–H groups in total. The van der Waals surface area contributed by atoms with Crippen molar-refractivity contribution in [2.24, 2.45) is 0 Å². The summed E-state index contributed by atoms with van der Waals surface area (Å²) in [7, 11) is 0. The normalized spacial score (nSPS) is 17.1. The number of carbonyl (C=O) groups excluding carboxylic acids is 1. The Hall–Kier alpha value is -2.66. The molecule has 0 amide bonds. The quantitative estimate of drug-likeness (QED) is 0.682. The van der Waals surface area contributed by atoms with Crippen LogP contribution < -0.4 is 0 Å². The van der Waals surface area contributed by atoms with E-state index in [2.05, 4.69) is 23.2 Å². The van der Waals surface area contributed by atoms with Gasteiger partial charge in [0.25, 0.3) is 0 Å². The van der Waals surface area contributed by atoms with Crippen molar-refractivity contribution in [3.63, 3.8) is 0 Å². The Kier molecular flexibility index (Phi) is 4.24. The van der Waals surface area contributed by atoms with E-state index in [4.69, 9.17) is 9.47 Å². The Labute approximate surface area is 146 Å². The Balaban J connectivity index is 1.70. The molecule has 25 heavy (non-hydrogen) atoms. The van der Waals surface area contributed by atoms with E-state index < -0.39 is 0 Å². The summed E-state index contributed by atoms with van der Waals surface area (Å²) < 4.78 is 12.6. The number of hydrogen-bond acceptors (Lipinski definition) is 4. The van der Waals surface area contributed by atoms with Crippen molar-refractivity contribution in [2.45, 2.75) is 19.3 Å². The minimum absolute atomic E-state index is 0.308. The molecule has 0 bridgehead atoms. The summed E-state index contributed by atoms with van der Waals surface area (Å²) >= 11 is 0. The lowest BCUT2D eigenvalue weighted by Crippen LogP contribution is -2.05. The van der Waals surface area contributed by atoms with Crippen LogP contribution in [0, 0.1) is 0 Å². The lowest BCUT2D eigenvalue weighted by molar-refractivity contribution is 0.0526. The Morgan fingerprint density at radius 2 is 2.24 bits per heavy atom. The van der Waals surface area contributed by atoms with Gasteiger partial charge in [-0.2, -0.15) is 0 Å². The minimum Gasteiger partial charge on any atom is -0.462 e. The first kappa shape index (κ1) is 15.8. The predicted octanol–water partition coefficient (Wildman–Crippen LogP) is 3.71. The highest BCUT2D eigenvalue weighted by Gasteiger charge is 2.18. The van der Waals surface area contributed by atoms with Gasteiger partial charge >= 0.3 is 5.97 Å². The van der Waals surface area contributed by atoms with Crippen LogP contribution in [0.4, 0.5) is 0 Å². The summed E-state index contributed by atoms with van der Waals surface area (Å²) in [6, 6.07) is 13.8. The number of carbonyl (C=O) groups is 1. The molecule has 1 saturated heterocycles. The van der Waals surface area contributed by atoms with Crippen LogP contribution in [-0.4, -0.2) is 35.3 Å². The molecule has 1 aromatic heterocycles. The zero-order valence-corrected chi connectivity index (χ0v) is 14.1. The Morgan fingerprint density at radius 1 is 1.32 bits per heavy atom. The van der Waals surface area contributed by atoms with Crippen molar-refractivity contribution in [2.75, 3.05) is 19.8 Å². The summed E-state index contributed by atoms with van der Waals surface area (Å²) in [5.74, 6) is 0.152. The molecule has 1 aliphatic rings. The smallest absolute Gasteiger partial charge is 0.338 e. The van der Waals surface area contributed by atoms with Crippen LogP contribution in [0.1, 0.15) is 35.2 Å². The highest BCUT2D eigenvalue weighted by molar-refractivity contribution is 5.90. The molecule has 0 saturated carbocycles. The number of nitrogens with zero attached hydrogens (tertiary/aromatic N) is 2. The number of aromatic nitrogens is 2. The maximum absolute atomic E-state index is 12.0. The fourth-order valence-electron chi connectivity index (χ4n) is 3.28. The molecule has 1 fully saturated rings. The summed E-state index contributed by atoms with van der Waals surface area (Å²) in [5.41, 5.74) is 4.68. The molecule has 1 aliphatic heterocycles. The van der Waals surface area contributed by atoms with Gasteiger partial charge in [-0.3, -0.25) is 4.57 Å². The molecule has 2 aromatic carbocycles. The first-order valence-electron chi connectivity index (χ1n) is 8.58. The monoisotopic (exact) mass is 336 g/mol. The second-order valence-electron chi connectivity index (χ2n) is 6.19. The number of ether oxygens (including phenoxy) is 2. The van der Waals surface area contributed by atoms with Gasteiger partial charge in [-0.15, -0.1) is 0 Å². The highest BCUT2D eigenvalue weighted by Crippen LogP contribution is 2.28. The van der Waals surface area contributed by atoms with E-state index in [-0.39, 0.29) is 5.97 Å². The summed E-state index contributed by atoms with van der Waals surface area (Å²) in [6.07, 6.45) is 2.86. The molecule has 4 rings (SSSR count). The first-order valence-corrected chi connectivity index (χ1v) is 8.58. The van der Waals surface area contributed by atoms with Crippen LogP contribution in [-0.2, 0) is 9.47 Å². The predicted molar refractivity (Wildman–Crippen MR) is 95.2 cm³/mol. The van der Waals surface area contributed by atoms with Crippen LogP contribution in [0.15, 0.2) is 48.8 Å². The molecule has 5 nitrogen and oxygen atoms in total. The van der Waals surface area contributed by atoms with Crippen molar-refractivity contribution in [1.82, 2.24) is 9.55 Å². The SMILES string of the molecule is CCOC(=O)c1cccc(-n2cnc3cc([C@H]4CCOC4)ccc32)c1. The second kappa shape index (κ2) is 6.69. The van der Waals surface area contributed by atoms with Gasteiger partial charge in [0, 0.05) is 18.2 Å². The van der Waals surface area contributed by atoms with Crippen LogP contribution in [0.25, 0.3) is 16.7 Å². The number of rotatable bonds is 4. The van der Waals surface area contributed by atoms with Gasteiger partial charge in [0.05, 0.1) is 29.8 Å². The van der Waals surface area contributed by atoms with Gasteiger partial charge in [-0.25, -0.2) is 9.78 Å². The van der Waals surface area contributed by atoms with Crippen LogP contribution in [0.2, 0.25) is 0 Å². The number of imidazole rings is 1. The maximum Gasteiger partial charge on any atom is 0.338 e. The molecular weight excluding hydrogens is 316 g/mol. The van der Waals surface area contributed by atoms with E-state index in [9.17, 15) is 4.79 Å². The minimum atomic E-state index is -0.308. The van der Waals surface area contributed by atoms with Gasteiger partial charge in [0.15, 0.2) is 0 Å². The molecule has 2 heterocycles. The van der Waals surface area contributed by atoms with Gasteiger partial charge < -0.3 is 9.47 Å². The van der Waals surface area contributed by atoms with Crippen molar-refractivity contribution in [3.8, 4) is 5.69 Å². The largest absolute Gasteiger partial charge is 0.462 e. The zero-order valence-electron chi connectivity index (χ0n) is 14.1. The van der Waals surface area contributed by atoms with E-state index in [1.807, 2.05) is 22.8 Å². The lowest BCUT2D eigenvalue weighted by Gasteiger charge is -2.09. The van der Waals surface area contributed by atoms with Gasteiger partial charge in [-0.1, -0.05) is 12.1 Å². The number of hydrogen-bond donors (Lipinski definition) is 0. The van der Waals surface area contributed by atoms with Crippen molar-refractivity contribution in [3.05, 3.63) is 59.9 Å². The molecule has 1 atom stereocenters. The molecule has 0 aliphatic carbocycles. The number of fused-ring (bicyclic) bond motifs is 1. The summed E-state index contributed by atoms with van der Waals surface area (Å²) in [5, 5.41) is 0. The van der Waals surface area contributed by atoms with Crippen molar-refractivity contribution < 1.29 is 14.3 Å². The molecule has 0 radical (unpaired) electrons. The number of esters is 1. The van der Waals surface area contributed by atoms with Crippen LogP contribution >= 0.6 is 0 Å². The first-order chi connectivity index (χ1) is 12.3. The molecule has 5 heteroatoms. The van der Waals surface area contributed by atoms with E-state index in [1.165, 1.54) is 5.56 Å². The average molecular weight is 336 g/mol. The molecule has 0 unspecified atom stereocenters. The van der Waals surface area contributed by atoms with Crippen LogP contribution in [0.3, 0.4) is 0 Å². The van der Waals surface area contributed by atoms with Gasteiger partial charge in [-0.05, 0) is 49.2 Å². The standard InChI is InChI=1S/C20H20N2O3/c1-2-25-20(23)15-4-3-5-17(10-15)22-13-21-18-11-14(6-7-19(18)22)16-8-9-24-12-16/h3-7,10-11,13,16H,2,8-9,12H2,1H3/t16-/m0/s1. The lowest BCUT2D eigenvalue weighted by atomic mass is 9.98. The van der Waals surface area contributed by atoms with Gasteiger partial charge in [0.1, 0.15) is 6.33 Å². The van der Waals surface area contributed by atoms with Gasteiger partial charge in [0.2, 0.25) is 0 Å². The molecule has 128 valence electrons. The Morgan fingerprint density at radius 3 is 3.04 bits per heavy atom. The fraction of sp³-hybridized carbons (Fsp3) is 0.300. The fourth-order valence-corrected chi connectivity index (χ4v) is 3.28. The molecule has 0 spiro atoms. The maximum atomic E-state index is 12.0. The second-order valence-corrected chi connectivity index (χ2v) is 6.19. The zero-order chi connectivity index (χ0) is 17.2. The molecular formula is C20H20N2O3. The Bertz CT molecular complexity index is 910. The van der Waals surface area contributed by atoms with Crippen molar-refractivity contribution in [1.29, 1.82) is 0 Å². The summed E-state index contributed by atoms with van der Waals surface area (Å²) in [6.45, 7) is 3.79. The van der Waals surface area contributed by atoms with Crippen LogP contribution in [0.5, 0.6) is 0 Å². The molecule has 3 aromatic rings. The van der Waals surface area contributed by atoms with E-state index in [0.29, 0.717) is 18.1 Å². The van der Waals surface area contributed by atoms with Crippen molar-refractivity contribution >= 4 is 17.0 Å². The topological polar surface area (TPSA) is 53.4 Å². The van der Waals surface area contributed by atoms with E-state index in [0.717, 1.165) is 36.4 Å². The highest BCUT2D eigenvalue weighted by atomic mass is 16.5. The third-order valence-corrected chi connectivity index (χ3v) is 4.61. The average Bonchev–Trinajstić information content (AvgIpc) is 3.31. The summed E-state index contributed by atoms with van der Waals surface area (Å²) in [4.78, 5) is 16.5. The third kappa shape index (κ3) is 3.03. The van der Waals surface area contributed by atoms with E-state index in [1.54, 1.807) is 19.3 Å². The number of benzene rings is 2. The third-order valence-electron chi connectivity index (χ3n) is 4.61.